The van der Waals surface area contributed by atoms with Crippen molar-refractivity contribution in [1.29, 1.82) is 0 Å². The number of carbonyl (C=O) groups is 3. The average molecular weight is 325 g/mol. The van der Waals surface area contributed by atoms with Crippen LogP contribution in [0.25, 0.3) is 0 Å². The molecular formula is C16H27N3O4. The fourth-order valence-corrected chi connectivity index (χ4v) is 3.67. The van der Waals surface area contributed by atoms with Gasteiger partial charge in [0.05, 0.1) is 18.5 Å². The molecule has 2 saturated carbocycles. The summed E-state index contributed by atoms with van der Waals surface area (Å²) in [4.78, 5) is 34.8. The standard InChI is InChI=1S/C16H27N3O4/c20-13(19-16(10-14(21)22)8-4-5-9-16)11-17-15(23)18-12-6-2-1-3-7-12/h12H,1-11H2,(H,19,20)(H,21,22)(H2,17,18,23). The largest absolute Gasteiger partial charge is 0.481 e. The third kappa shape index (κ3) is 5.73. The van der Waals surface area contributed by atoms with Crippen LogP contribution < -0.4 is 16.0 Å². The van der Waals surface area contributed by atoms with Gasteiger partial charge in [0.25, 0.3) is 0 Å². The van der Waals surface area contributed by atoms with Crippen molar-refractivity contribution in [2.75, 3.05) is 6.54 Å². The van der Waals surface area contributed by atoms with Crippen LogP contribution in [0.1, 0.15) is 64.2 Å². The summed E-state index contributed by atoms with van der Waals surface area (Å²) < 4.78 is 0. The van der Waals surface area contributed by atoms with E-state index in [1.54, 1.807) is 0 Å². The number of carboxylic acid groups (broad SMARTS) is 1. The average Bonchev–Trinajstić information content (AvgIpc) is 2.93. The molecule has 2 fully saturated rings. The Morgan fingerprint density at radius 1 is 1.00 bits per heavy atom. The summed E-state index contributed by atoms with van der Waals surface area (Å²) in [5.41, 5.74) is -0.648. The molecule has 3 amide bonds. The Balaban J connectivity index is 1.72. The molecule has 4 N–H and O–H groups in total. The van der Waals surface area contributed by atoms with Gasteiger partial charge in [0, 0.05) is 6.04 Å². The number of hydrogen-bond donors (Lipinski definition) is 4. The number of carboxylic acids is 1. The van der Waals surface area contributed by atoms with Gasteiger partial charge in [-0.1, -0.05) is 32.1 Å². The number of rotatable bonds is 6. The summed E-state index contributed by atoms with van der Waals surface area (Å²) in [5.74, 6) is -1.23. The number of nitrogens with one attached hydrogen (secondary N) is 3. The third-order valence-corrected chi connectivity index (χ3v) is 4.80. The van der Waals surface area contributed by atoms with Crippen LogP contribution in [-0.4, -0.2) is 41.1 Å². The molecular weight excluding hydrogens is 298 g/mol. The predicted molar refractivity (Wildman–Crippen MR) is 85.0 cm³/mol. The molecule has 0 spiro atoms. The molecule has 0 saturated heterocycles. The van der Waals surface area contributed by atoms with Gasteiger partial charge in [0.1, 0.15) is 0 Å². The summed E-state index contributed by atoms with van der Waals surface area (Å²) in [6.07, 6.45) is 8.58. The lowest BCUT2D eigenvalue weighted by Crippen LogP contribution is -2.52. The van der Waals surface area contributed by atoms with Gasteiger partial charge >= 0.3 is 12.0 Å². The van der Waals surface area contributed by atoms with Gasteiger partial charge in [-0.05, 0) is 25.7 Å². The van der Waals surface area contributed by atoms with Gasteiger partial charge in [0.15, 0.2) is 0 Å². The summed E-state index contributed by atoms with van der Waals surface area (Å²) in [6.45, 7) is -0.125. The molecule has 0 heterocycles. The molecule has 7 heteroatoms. The third-order valence-electron chi connectivity index (χ3n) is 4.80. The Kier molecular flexibility index (Phi) is 6.24. The highest BCUT2D eigenvalue weighted by Gasteiger charge is 2.37. The molecule has 130 valence electrons. The molecule has 2 aliphatic rings. The van der Waals surface area contributed by atoms with Crippen molar-refractivity contribution in [2.24, 2.45) is 0 Å². The van der Waals surface area contributed by atoms with Crippen molar-refractivity contribution >= 4 is 17.9 Å². The van der Waals surface area contributed by atoms with Gasteiger partial charge in [-0.3, -0.25) is 9.59 Å². The molecule has 7 nitrogen and oxygen atoms in total. The molecule has 0 unspecified atom stereocenters. The van der Waals surface area contributed by atoms with Gasteiger partial charge in [-0.25, -0.2) is 4.79 Å². The van der Waals surface area contributed by atoms with E-state index in [4.69, 9.17) is 5.11 Å². The second-order valence-electron chi connectivity index (χ2n) is 6.77. The maximum atomic E-state index is 12.0. The lowest BCUT2D eigenvalue weighted by molar-refractivity contribution is -0.139. The lowest BCUT2D eigenvalue weighted by atomic mass is 9.93. The van der Waals surface area contributed by atoms with Crippen molar-refractivity contribution in [3.8, 4) is 0 Å². The molecule has 0 atom stereocenters. The van der Waals surface area contributed by atoms with Crippen molar-refractivity contribution < 1.29 is 19.5 Å². The van der Waals surface area contributed by atoms with Crippen molar-refractivity contribution in [1.82, 2.24) is 16.0 Å². The predicted octanol–water partition coefficient (Wildman–Crippen LogP) is 1.52. The zero-order chi connectivity index (χ0) is 16.7. The van der Waals surface area contributed by atoms with Crippen LogP contribution >= 0.6 is 0 Å². The van der Waals surface area contributed by atoms with Crippen LogP contribution in [0.15, 0.2) is 0 Å². The van der Waals surface area contributed by atoms with E-state index in [0.29, 0.717) is 12.8 Å². The highest BCUT2D eigenvalue weighted by Crippen LogP contribution is 2.32. The van der Waals surface area contributed by atoms with Crippen molar-refractivity contribution in [3.63, 3.8) is 0 Å². The second-order valence-corrected chi connectivity index (χ2v) is 6.77. The SMILES string of the molecule is O=C(O)CC1(NC(=O)CNC(=O)NC2CCCCC2)CCCC1. The first-order chi connectivity index (χ1) is 11.0. The van der Waals surface area contributed by atoms with E-state index >= 15 is 0 Å². The molecule has 2 aliphatic carbocycles. The van der Waals surface area contributed by atoms with Gasteiger partial charge in [0.2, 0.25) is 5.91 Å². The monoisotopic (exact) mass is 325 g/mol. The topological polar surface area (TPSA) is 108 Å². The molecule has 0 radical (unpaired) electrons. The van der Waals surface area contributed by atoms with Crippen LogP contribution in [0.2, 0.25) is 0 Å². The van der Waals surface area contributed by atoms with Crippen molar-refractivity contribution in [3.05, 3.63) is 0 Å². The highest BCUT2D eigenvalue weighted by molar-refractivity contribution is 5.85. The maximum absolute atomic E-state index is 12.0. The quantitative estimate of drug-likeness (QED) is 0.594. The van der Waals surface area contributed by atoms with Crippen LogP contribution in [0.3, 0.4) is 0 Å². The first kappa shape index (κ1) is 17.6. The van der Waals surface area contributed by atoms with Crippen LogP contribution in [0, 0.1) is 0 Å². The Morgan fingerprint density at radius 3 is 2.26 bits per heavy atom. The molecule has 23 heavy (non-hydrogen) atoms. The number of hydrogen-bond acceptors (Lipinski definition) is 3. The zero-order valence-corrected chi connectivity index (χ0v) is 13.5. The number of amides is 3. The van der Waals surface area contributed by atoms with E-state index in [9.17, 15) is 14.4 Å². The summed E-state index contributed by atoms with van der Waals surface area (Å²) in [6, 6.07) is -0.134. The molecule has 0 aromatic carbocycles. The summed E-state index contributed by atoms with van der Waals surface area (Å²) >= 11 is 0. The number of urea groups is 1. The Bertz CT molecular complexity index is 441. The molecule has 0 aromatic heterocycles. The lowest BCUT2D eigenvalue weighted by Gasteiger charge is -2.29. The Labute approximate surface area is 136 Å². The second kappa shape index (κ2) is 8.17. The van der Waals surface area contributed by atoms with E-state index < -0.39 is 11.5 Å². The normalized spacial score (nSPS) is 20.7. The van der Waals surface area contributed by atoms with E-state index in [0.717, 1.165) is 38.5 Å². The first-order valence-corrected chi connectivity index (χ1v) is 8.56. The smallest absolute Gasteiger partial charge is 0.315 e. The van der Waals surface area contributed by atoms with E-state index in [1.165, 1.54) is 6.42 Å². The van der Waals surface area contributed by atoms with Crippen LogP contribution in [0.4, 0.5) is 4.79 Å². The first-order valence-electron chi connectivity index (χ1n) is 8.56. The molecule has 0 aliphatic heterocycles. The molecule has 2 rings (SSSR count). The highest BCUT2D eigenvalue weighted by atomic mass is 16.4. The fourth-order valence-electron chi connectivity index (χ4n) is 3.67. The van der Waals surface area contributed by atoms with Gasteiger partial charge < -0.3 is 21.1 Å². The van der Waals surface area contributed by atoms with E-state index in [-0.39, 0.29) is 30.9 Å². The van der Waals surface area contributed by atoms with Gasteiger partial charge in [-0.2, -0.15) is 0 Å². The Morgan fingerprint density at radius 2 is 1.65 bits per heavy atom. The summed E-state index contributed by atoms with van der Waals surface area (Å²) in [7, 11) is 0. The molecule has 0 aromatic rings. The molecule has 0 bridgehead atoms. The maximum Gasteiger partial charge on any atom is 0.315 e. The minimum absolute atomic E-state index is 0.0625. The zero-order valence-electron chi connectivity index (χ0n) is 13.5. The van der Waals surface area contributed by atoms with Crippen LogP contribution in [0.5, 0.6) is 0 Å². The van der Waals surface area contributed by atoms with E-state index in [1.807, 2.05) is 0 Å². The minimum atomic E-state index is -0.907. The van der Waals surface area contributed by atoms with Crippen molar-refractivity contribution in [2.45, 2.75) is 75.8 Å². The van der Waals surface area contributed by atoms with E-state index in [2.05, 4.69) is 16.0 Å². The van der Waals surface area contributed by atoms with Crippen LogP contribution in [-0.2, 0) is 9.59 Å². The minimum Gasteiger partial charge on any atom is -0.481 e. The van der Waals surface area contributed by atoms with Gasteiger partial charge in [-0.15, -0.1) is 0 Å². The number of aliphatic carboxylic acids is 1. The Hall–Kier alpha value is -1.79. The fraction of sp³-hybridized carbons (Fsp3) is 0.812. The summed E-state index contributed by atoms with van der Waals surface area (Å²) in [5, 5.41) is 17.3. The number of carbonyl (C=O) groups excluding carboxylic acids is 2.